The van der Waals surface area contributed by atoms with Gasteiger partial charge in [0.15, 0.2) is 0 Å². The van der Waals surface area contributed by atoms with E-state index < -0.39 is 27.1 Å². The molecule has 0 spiro atoms. The first kappa shape index (κ1) is 18.6. The molecule has 0 aliphatic rings. The molecule has 0 fully saturated rings. The van der Waals surface area contributed by atoms with Gasteiger partial charge in [-0.15, -0.1) is 0 Å². The predicted octanol–water partition coefficient (Wildman–Crippen LogP) is 3.95. The summed E-state index contributed by atoms with van der Waals surface area (Å²) < 4.78 is 5.74. The van der Waals surface area contributed by atoms with Crippen LogP contribution in [0.15, 0.2) is 44.4 Å². The van der Waals surface area contributed by atoms with E-state index >= 15 is 0 Å². The van der Waals surface area contributed by atoms with Gasteiger partial charge in [-0.2, -0.15) is 0 Å². The summed E-state index contributed by atoms with van der Waals surface area (Å²) in [4.78, 5) is 20.2. The number of non-ortho nitro benzene ring substituents is 1. The molecule has 2 rings (SSSR count). The van der Waals surface area contributed by atoms with E-state index in [9.17, 15) is 25.3 Å². The summed E-state index contributed by atoms with van der Waals surface area (Å²) in [6.07, 6.45) is 0. The second-order valence-corrected chi connectivity index (χ2v) is 6.17. The van der Waals surface area contributed by atoms with Crippen molar-refractivity contribution >= 4 is 49.1 Å². The molecule has 130 valence electrons. The van der Waals surface area contributed by atoms with Gasteiger partial charge in [-0.25, -0.2) is 0 Å². The molecule has 0 aliphatic carbocycles. The molecule has 0 radical (unpaired) electrons. The number of halogens is 2. The Morgan fingerprint density at radius 2 is 1.68 bits per heavy atom. The SMILES string of the molecule is O=[N+]([O-])c1ccc(OC(=NO)c2cc(Br)c(O)c(Br)c2)c([N+](=O)[O-])c1. The number of aromatic hydroxyl groups is 1. The summed E-state index contributed by atoms with van der Waals surface area (Å²) in [5.74, 6) is -0.885. The fraction of sp³-hybridized carbons (Fsp3) is 0. The summed E-state index contributed by atoms with van der Waals surface area (Å²) in [5.41, 5.74) is -0.990. The molecule has 0 atom stereocenters. The Labute approximate surface area is 155 Å². The van der Waals surface area contributed by atoms with Crippen LogP contribution in [0, 0.1) is 20.2 Å². The average molecular weight is 477 g/mol. The van der Waals surface area contributed by atoms with E-state index in [0.29, 0.717) is 0 Å². The number of oxime groups is 1. The van der Waals surface area contributed by atoms with Crippen molar-refractivity contribution in [2.45, 2.75) is 0 Å². The second-order valence-electron chi connectivity index (χ2n) is 4.46. The molecule has 10 nitrogen and oxygen atoms in total. The highest BCUT2D eigenvalue weighted by atomic mass is 79.9. The van der Waals surface area contributed by atoms with Crippen LogP contribution in [0.3, 0.4) is 0 Å². The van der Waals surface area contributed by atoms with E-state index in [0.717, 1.165) is 18.2 Å². The second kappa shape index (κ2) is 7.44. The van der Waals surface area contributed by atoms with E-state index in [1.165, 1.54) is 12.1 Å². The van der Waals surface area contributed by atoms with Gasteiger partial charge in [-0.3, -0.25) is 20.2 Å². The van der Waals surface area contributed by atoms with Crippen molar-refractivity contribution in [3.05, 3.63) is 65.1 Å². The van der Waals surface area contributed by atoms with Crippen LogP contribution in [0.2, 0.25) is 0 Å². The molecule has 0 amide bonds. The first-order chi connectivity index (χ1) is 11.7. The summed E-state index contributed by atoms with van der Waals surface area (Å²) in [6, 6.07) is 5.47. The highest BCUT2D eigenvalue weighted by molar-refractivity contribution is 9.11. The van der Waals surface area contributed by atoms with Gasteiger partial charge in [0.1, 0.15) is 5.75 Å². The zero-order chi connectivity index (χ0) is 18.7. The van der Waals surface area contributed by atoms with Crippen molar-refractivity contribution in [1.29, 1.82) is 0 Å². The molecule has 0 aliphatic heterocycles. The lowest BCUT2D eigenvalue weighted by molar-refractivity contribution is -0.394. The van der Waals surface area contributed by atoms with Crippen molar-refractivity contribution in [2.75, 3.05) is 0 Å². The maximum Gasteiger partial charge on any atom is 0.318 e. The molecule has 25 heavy (non-hydrogen) atoms. The molecule has 0 saturated carbocycles. The third kappa shape index (κ3) is 4.03. The number of nitrogens with zero attached hydrogens (tertiary/aromatic N) is 3. The highest BCUT2D eigenvalue weighted by Crippen LogP contribution is 2.35. The average Bonchev–Trinajstić information content (AvgIpc) is 2.56. The van der Waals surface area contributed by atoms with Gasteiger partial charge < -0.3 is 15.1 Å². The Hall–Kier alpha value is -2.73. The fourth-order valence-electron chi connectivity index (χ4n) is 1.78. The molecule has 0 unspecified atom stereocenters. The normalized spacial score (nSPS) is 11.2. The molecule has 2 aromatic rings. The van der Waals surface area contributed by atoms with Crippen molar-refractivity contribution in [3.63, 3.8) is 0 Å². The Morgan fingerprint density at radius 3 is 2.16 bits per heavy atom. The third-order valence-electron chi connectivity index (χ3n) is 2.91. The number of rotatable bonds is 4. The molecule has 0 heterocycles. The maximum atomic E-state index is 11.1. The van der Waals surface area contributed by atoms with Gasteiger partial charge in [0.2, 0.25) is 5.75 Å². The van der Waals surface area contributed by atoms with Crippen molar-refractivity contribution in [2.24, 2.45) is 5.16 Å². The Morgan fingerprint density at radius 1 is 1.08 bits per heavy atom. The zero-order valence-electron chi connectivity index (χ0n) is 11.9. The van der Waals surface area contributed by atoms with E-state index in [-0.39, 0.29) is 26.0 Å². The largest absolute Gasteiger partial charge is 0.506 e. The Balaban J connectivity index is 2.46. The van der Waals surface area contributed by atoms with Crippen LogP contribution in [0.1, 0.15) is 5.56 Å². The lowest BCUT2D eigenvalue weighted by Crippen LogP contribution is -2.12. The van der Waals surface area contributed by atoms with Crippen LogP contribution >= 0.6 is 31.9 Å². The number of phenols is 1. The van der Waals surface area contributed by atoms with Crippen LogP contribution in [0.5, 0.6) is 11.5 Å². The van der Waals surface area contributed by atoms with Gasteiger partial charge >= 0.3 is 5.69 Å². The van der Waals surface area contributed by atoms with Crippen molar-refractivity contribution < 1.29 is 24.9 Å². The van der Waals surface area contributed by atoms with Crippen LogP contribution in [-0.2, 0) is 0 Å². The first-order valence-corrected chi connectivity index (χ1v) is 7.84. The minimum atomic E-state index is -0.861. The number of nitro groups is 2. The van der Waals surface area contributed by atoms with Crippen LogP contribution in [0.4, 0.5) is 11.4 Å². The zero-order valence-corrected chi connectivity index (χ0v) is 15.1. The van der Waals surface area contributed by atoms with Crippen molar-refractivity contribution in [3.8, 4) is 11.5 Å². The molecule has 0 aromatic heterocycles. The Bertz CT molecular complexity index is 878. The van der Waals surface area contributed by atoms with Gasteiger partial charge in [-0.05, 0) is 55.2 Å². The number of benzene rings is 2. The molecule has 12 heteroatoms. The smallest absolute Gasteiger partial charge is 0.318 e. The van der Waals surface area contributed by atoms with Gasteiger partial charge in [0, 0.05) is 11.6 Å². The minimum Gasteiger partial charge on any atom is -0.506 e. The summed E-state index contributed by atoms with van der Waals surface area (Å²) in [7, 11) is 0. The summed E-state index contributed by atoms with van der Waals surface area (Å²) in [5, 5.41) is 43.6. The summed E-state index contributed by atoms with van der Waals surface area (Å²) >= 11 is 6.18. The topological polar surface area (TPSA) is 148 Å². The molecule has 0 bridgehead atoms. The number of hydrogen-bond acceptors (Lipinski definition) is 8. The van der Waals surface area contributed by atoms with E-state index in [2.05, 4.69) is 37.0 Å². The molecule has 2 aromatic carbocycles. The van der Waals surface area contributed by atoms with Crippen LogP contribution in [0.25, 0.3) is 0 Å². The standard InChI is InChI=1S/C13H7Br2N3O7/c14-8-3-6(4-9(15)12(8)19)13(16-20)25-11-2-1-7(17(21)22)5-10(11)18(23)24/h1-5,19-20H. The fourth-order valence-corrected chi connectivity index (χ4v) is 2.96. The van der Waals surface area contributed by atoms with Gasteiger partial charge in [0.05, 0.1) is 24.9 Å². The lowest BCUT2D eigenvalue weighted by atomic mass is 10.2. The van der Waals surface area contributed by atoms with Gasteiger partial charge in [-0.1, -0.05) is 0 Å². The molecular formula is C13H7Br2N3O7. The Kier molecular flexibility index (Phi) is 5.54. The number of nitro benzene ring substituents is 2. The van der Waals surface area contributed by atoms with Gasteiger partial charge in [0.25, 0.3) is 11.6 Å². The predicted molar refractivity (Wildman–Crippen MR) is 92.2 cm³/mol. The monoisotopic (exact) mass is 475 g/mol. The molecule has 2 N–H and O–H groups in total. The molecule has 0 saturated heterocycles. The third-order valence-corrected chi connectivity index (χ3v) is 4.12. The van der Waals surface area contributed by atoms with E-state index in [4.69, 9.17) is 9.94 Å². The summed E-state index contributed by atoms with van der Waals surface area (Å²) in [6.45, 7) is 0. The van der Waals surface area contributed by atoms with E-state index in [1.807, 2.05) is 0 Å². The van der Waals surface area contributed by atoms with Crippen LogP contribution < -0.4 is 4.74 Å². The number of hydrogen-bond donors (Lipinski definition) is 2. The van der Waals surface area contributed by atoms with E-state index in [1.54, 1.807) is 0 Å². The number of phenolic OH excluding ortho intramolecular Hbond substituents is 1. The quantitative estimate of drug-likeness (QED) is 0.223. The van der Waals surface area contributed by atoms with Crippen molar-refractivity contribution in [1.82, 2.24) is 0 Å². The molecular weight excluding hydrogens is 470 g/mol. The van der Waals surface area contributed by atoms with Crippen LogP contribution in [-0.4, -0.2) is 26.1 Å². The number of ether oxygens (including phenoxy) is 1. The maximum absolute atomic E-state index is 11.1. The minimum absolute atomic E-state index is 0.109. The highest BCUT2D eigenvalue weighted by Gasteiger charge is 2.23. The lowest BCUT2D eigenvalue weighted by Gasteiger charge is -2.09. The first-order valence-electron chi connectivity index (χ1n) is 6.25.